The average Bonchev–Trinajstić information content (AvgIpc) is 2.48. The second-order valence-corrected chi connectivity index (χ2v) is 4.90. The minimum Gasteiger partial charge on any atom is -0.493 e. The third kappa shape index (κ3) is 4.50. The van der Waals surface area contributed by atoms with Crippen molar-refractivity contribution < 1.29 is 14.3 Å². The van der Waals surface area contributed by atoms with Crippen LogP contribution in [-0.4, -0.2) is 18.3 Å². The van der Waals surface area contributed by atoms with Gasteiger partial charge in [-0.25, -0.2) is 0 Å². The monoisotopic (exact) mass is 304 g/mol. The number of ketones is 1. The molecule has 0 radical (unpaired) electrons. The third-order valence-corrected chi connectivity index (χ3v) is 3.11. The van der Waals surface area contributed by atoms with Crippen molar-refractivity contribution >= 4 is 17.4 Å². The lowest BCUT2D eigenvalue weighted by molar-refractivity contribution is 0.101. The van der Waals surface area contributed by atoms with Crippen molar-refractivity contribution in [1.29, 1.82) is 0 Å². The molecule has 0 fully saturated rings. The first kappa shape index (κ1) is 15.4. The number of Topliss-reactive ketones (excluding diaryl/α,β-unsaturated/α-hetero) is 1. The number of hydrogen-bond acceptors (Lipinski definition) is 3. The molecular formula is C17H17ClO3. The van der Waals surface area contributed by atoms with Crippen molar-refractivity contribution in [2.45, 2.75) is 13.3 Å². The second kappa shape index (κ2) is 7.70. The van der Waals surface area contributed by atoms with E-state index in [1.807, 2.05) is 30.3 Å². The highest BCUT2D eigenvalue weighted by Crippen LogP contribution is 2.29. The predicted molar refractivity (Wildman–Crippen MR) is 83.8 cm³/mol. The van der Waals surface area contributed by atoms with Crippen LogP contribution in [0.15, 0.2) is 48.5 Å². The van der Waals surface area contributed by atoms with E-state index < -0.39 is 0 Å². The van der Waals surface area contributed by atoms with E-state index in [9.17, 15) is 4.79 Å². The van der Waals surface area contributed by atoms with E-state index in [4.69, 9.17) is 21.1 Å². The Bertz CT molecular complexity index is 596. The minimum absolute atomic E-state index is 0.0397. The van der Waals surface area contributed by atoms with E-state index in [0.29, 0.717) is 29.5 Å². The van der Waals surface area contributed by atoms with Gasteiger partial charge in [0.15, 0.2) is 5.78 Å². The molecule has 0 N–H and O–H groups in total. The van der Waals surface area contributed by atoms with Gasteiger partial charge in [0.25, 0.3) is 0 Å². The fourth-order valence-electron chi connectivity index (χ4n) is 1.84. The molecule has 0 heterocycles. The molecule has 0 amide bonds. The first-order valence-corrected chi connectivity index (χ1v) is 7.31. The molecule has 110 valence electrons. The van der Waals surface area contributed by atoms with Gasteiger partial charge >= 0.3 is 0 Å². The fraction of sp³-hybridized carbons (Fsp3) is 0.235. The number of carbonyl (C=O) groups excluding carboxylic acids is 1. The molecule has 2 aromatic carbocycles. The van der Waals surface area contributed by atoms with Crippen LogP contribution in [0.3, 0.4) is 0 Å². The van der Waals surface area contributed by atoms with Gasteiger partial charge in [-0.15, -0.1) is 11.6 Å². The van der Waals surface area contributed by atoms with Gasteiger partial charge in [-0.2, -0.15) is 0 Å². The summed E-state index contributed by atoms with van der Waals surface area (Å²) in [6.45, 7) is 1.99. The number of para-hydroxylation sites is 1. The van der Waals surface area contributed by atoms with Gasteiger partial charge < -0.3 is 9.47 Å². The SMILES string of the molecule is CC(=O)c1ccc(Oc2ccccc2)cc1OCCCCl. The Hall–Kier alpha value is -2.00. The van der Waals surface area contributed by atoms with E-state index in [1.54, 1.807) is 18.2 Å². The highest BCUT2D eigenvalue weighted by Gasteiger charge is 2.10. The van der Waals surface area contributed by atoms with Gasteiger partial charge in [0.2, 0.25) is 0 Å². The summed E-state index contributed by atoms with van der Waals surface area (Å²) in [6, 6.07) is 14.7. The summed E-state index contributed by atoms with van der Waals surface area (Å²) in [5.41, 5.74) is 0.546. The van der Waals surface area contributed by atoms with Crippen LogP contribution in [0.1, 0.15) is 23.7 Å². The normalized spacial score (nSPS) is 10.2. The molecule has 3 nitrogen and oxygen atoms in total. The zero-order valence-electron chi connectivity index (χ0n) is 11.8. The highest BCUT2D eigenvalue weighted by atomic mass is 35.5. The second-order valence-electron chi connectivity index (χ2n) is 4.52. The van der Waals surface area contributed by atoms with Crippen LogP contribution in [0.2, 0.25) is 0 Å². The van der Waals surface area contributed by atoms with E-state index in [0.717, 1.165) is 12.2 Å². The quantitative estimate of drug-likeness (QED) is 0.423. The summed E-state index contributed by atoms with van der Waals surface area (Å²) < 4.78 is 11.4. The summed E-state index contributed by atoms with van der Waals surface area (Å²) in [5.74, 6) is 2.38. The maximum atomic E-state index is 11.6. The number of benzene rings is 2. The summed E-state index contributed by atoms with van der Waals surface area (Å²) in [7, 11) is 0. The Morgan fingerprint density at radius 2 is 1.86 bits per heavy atom. The smallest absolute Gasteiger partial charge is 0.163 e. The van der Waals surface area contributed by atoms with Gasteiger partial charge in [-0.1, -0.05) is 18.2 Å². The van der Waals surface area contributed by atoms with Crippen LogP contribution in [0.4, 0.5) is 0 Å². The van der Waals surface area contributed by atoms with Crippen molar-refractivity contribution in [3.8, 4) is 17.2 Å². The lowest BCUT2D eigenvalue weighted by Crippen LogP contribution is -2.03. The van der Waals surface area contributed by atoms with Crippen LogP contribution < -0.4 is 9.47 Å². The molecule has 0 aliphatic carbocycles. The Balaban J connectivity index is 2.19. The summed E-state index contributed by atoms with van der Waals surface area (Å²) in [6.07, 6.45) is 0.725. The number of alkyl halides is 1. The molecule has 0 aromatic heterocycles. The van der Waals surface area contributed by atoms with Crippen molar-refractivity contribution in [3.63, 3.8) is 0 Å². The summed E-state index contributed by atoms with van der Waals surface area (Å²) in [4.78, 5) is 11.6. The molecule has 0 atom stereocenters. The van der Waals surface area contributed by atoms with Crippen molar-refractivity contribution in [1.82, 2.24) is 0 Å². The number of ether oxygens (including phenoxy) is 2. The number of carbonyl (C=O) groups is 1. The molecule has 2 rings (SSSR count). The van der Waals surface area contributed by atoms with Crippen LogP contribution in [0, 0.1) is 0 Å². The summed E-state index contributed by atoms with van der Waals surface area (Å²) in [5, 5.41) is 0. The number of rotatable bonds is 7. The predicted octanol–water partition coefficient (Wildman–Crippen LogP) is 4.69. The number of hydrogen-bond donors (Lipinski definition) is 0. The lowest BCUT2D eigenvalue weighted by atomic mass is 10.1. The Morgan fingerprint density at radius 1 is 1.10 bits per heavy atom. The molecule has 0 unspecified atom stereocenters. The zero-order valence-corrected chi connectivity index (χ0v) is 12.6. The molecule has 0 saturated carbocycles. The molecule has 0 saturated heterocycles. The molecule has 21 heavy (non-hydrogen) atoms. The van der Waals surface area contributed by atoms with Crippen LogP contribution in [0.5, 0.6) is 17.2 Å². The van der Waals surface area contributed by atoms with Crippen LogP contribution in [-0.2, 0) is 0 Å². The Kier molecular flexibility index (Phi) is 5.64. The van der Waals surface area contributed by atoms with Crippen molar-refractivity contribution in [2.24, 2.45) is 0 Å². The third-order valence-electron chi connectivity index (χ3n) is 2.85. The van der Waals surface area contributed by atoms with E-state index in [-0.39, 0.29) is 5.78 Å². The minimum atomic E-state index is -0.0397. The summed E-state index contributed by atoms with van der Waals surface area (Å²) >= 11 is 5.64. The molecule has 0 aliphatic rings. The van der Waals surface area contributed by atoms with Crippen molar-refractivity contribution in [3.05, 3.63) is 54.1 Å². The standard InChI is InChI=1S/C17H17ClO3/c1-13(19)16-9-8-15(12-17(16)20-11-5-10-18)21-14-6-3-2-4-7-14/h2-4,6-9,12H,5,10-11H2,1H3. The van der Waals surface area contributed by atoms with E-state index in [2.05, 4.69) is 0 Å². The van der Waals surface area contributed by atoms with Gasteiger partial charge in [0.05, 0.1) is 12.2 Å². The molecule has 0 bridgehead atoms. The van der Waals surface area contributed by atoms with Crippen LogP contribution in [0.25, 0.3) is 0 Å². The first-order chi connectivity index (χ1) is 10.2. The Labute approximate surface area is 129 Å². The average molecular weight is 305 g/mol. The van der Waals surface area contributed by atoms with Gasteiger partial charge in [-0.3, -0.25) is 4.79 Å². The van der Waals surface area contributed by atoms with Gasteiger partial charge in [0, 0.05) is 11.9 Å². The molecule has 4 heteroatoms. The van der Waals surface area contributed by atoms with Gasteiger partial charge in [-0.05, 0) is 37.6 Å². The fourth-order valence-corrected chi connectivity index (χ4v) is 1.95. The molecule has 2 aromatic rings. The van der Waals surface area contributed by atoms with Crippen molar-refractivity contribution in [2.75, 3.05) is 12.5 Å². The topological polar surface area (TPSA) is 35.5 Å². The highest BCUT2D eigenvalue weighted by molar-refractivity contribution is 6.17. The van der Waals surface area contributed by atoms with E-state index in [1.165, 1.54) is 6.92 Å². The molecule has 0 spiro atoms. The van der Waals surface area contributed by atoms with Gasteiger partial charge in [0.1, 0.15) is 17.2 Å². The maximum Gasteiger partial charge on any atom is 0.163 e. The zero-order chi connectivity index (χ0) is 15.1. The van der Waals surface area contributed by atoms with E-state index >= 15 is 0 Å². The largest absolute Gasteiger partial charge is 0.493 e. The Morgan fingerprint density at radius 3 is 2.52 bits per heavy atom. The maximum absolute atomic E-state index is 11.6. The first-order valence-electron chi connectivity index (χ1n) is 6.77. The number of halogens is 1. The van der Waals surface area contributed by atoms with Crippen LogP contribution >= 0.6 is 11.6 Å². The molecular weight excluding hydrogens is 288 g/mol. The lowest BCUT2D eigenvalue weighted by Gasteiger charge is -2.12. The molecule has 0 aliphatic heterocycles.